The van der Waals surface area contributed by atoms with Crippen molar-refractivity contribution in [3.05, 3.63) is 0 Å². The summed E-state index contributed by atoms with van der Waals surface area (Å²) in [6, 6.07) is 0.902. The molecule has 3 unspecified atom stereocenters. The Kier molecular flexibility index (Phi) is 5.67. The summed E-state index contributed by atoms with van der Waals surface area (Å²) < 4.78 is 0. The van der Waals surface area contributed by atoms with E-state index in [4.69, 9.17) is 0 Å². The molecule has 0 amide bonds. The van der Waals surface area contributed by atoms with E-state index in [-0.39, 0.29) is 6.04 Å². The van der Waals surface area contributed by atoms with E-state index >= 15 is 0 Å². The zero-order valence-electron chi connectivity index (χ0n) is 13.9. The van der Waals surface area contributed by atoms with Crippen LogP contribution >= 0.6 is 0 Å². The molecular weight excluding hydrogens is 264 g/mol. The lowest BCUT2D eigenvalue weighted by molar-refractivity contribution is -0.145. The van der Waals surface area contributed by atoms with Crippen LogP contribution < -0.4 is 5.32 Å². The molecule has 0 radical (unpaired) electrons. The summed E-state index contributed by atoms with van der Waals surface area (Å²) in [6.45, 7) is 7.92. The Morgan fingerprint density at radius 3 is 2.62 bits per heavy atom. The predicted octanol–water partition coefficient (Wildman–Crippen LogP) is 2.87. The van der Waals surface area contributed by atoms with Gasteiger partial charge in [-0.05, 0) is 65.3 Å². The van der Waals surface area contributed by atoms with Crippen molar-refractivity contribution in [1.29, 1.82) is 0 Å². The van der Waals surface area contributed by atoms with Gasteiger partial charge < -0.3 is 10.0 Å². The first-order chi connectivity index (χ1) is 9.92. The summed E-state index contributed by atoms with van der Waals surface area (Å²) in [7, 11) is 0. The summed E-state index contributed by atoms with van der Waals surface area (Å²) in [6.07, 6.45) is 8.76. The Balaban J connectivity index is 1.94. The van der Waals surface area contributed by atoms with E-state index in [9.17, 15) is 9.90 Å². The van der Waals surface area contributed by atoms with Gasteiger partial charge in [-0.3, -0.25) is 10.1 Å². The van der Waals surface area contributed by atoms with Crippen molar-refractivity contribution >= 4 is 5.97 Å². The molecule has 0 aromatic heterocycles. The summed E-state index contributed by atoms with van der Waals surface area (Å²) in [5, 5.41) is 12.8. The highest BCUT2D eigenvalue weighted by Gasteiger charge is 2.37. The summed E-state index contributed by atoms with van der Waals surface area (Å²) >= 11 is 0. The van der Waals surface area contributed by atoms with Crippen molar-refractivity contribution in [2.45, 2.75) is 83.3 Å². The molecule has 0 bridgehead atoms. The number of rotatable bonds is 6. The van der Waals surface area contributed by atoms with Crippen LogP contribution in [0.4, 0.5) is 0 Å². The van der Waals surface area contributed by atoms with Gasteiger partial charge >= 0.3 is 5.97 Å². The van der Waals surface area contributed by atoms with Crippen LogP contribution in [-0.4, -0.2) is 46.7 Å². The Labute approximate surface area is 129 Å². The zero-order chi connectivity index (χ0) is 15.5. The first-order valence-electron chi connectivity index (χ1n) is 8.67. The fourth-order valence-corrected chi connectivity index (χ4v) is 4.25. The van der Waals surface area contributed by atoms with Crippen molar-refractivity contribution < 1.29 is 9.90 Å². The van der Waals surface area contributed by atoms with Gasteiger partial charge in [-0.1, -0.05) is 12.8 Å². The third-order valence-electron chi connectivity index (χ3n) is 5.34. The largest absolute Gasteiger partial charge is 0.480 e. The topological polar surface area (TPSA) is 52.6 Å². The summed E-state index contributed by atoms with van der Waals surface area (Å²) in [5.41, 5.74) is -0.810. The molecule has 3 atom stereocenters. The van der Waals surface area contributed by atoms with Gasteiger partial charge in [0.2, 0.25) is 0 Å². The molecule has 0 spiro atoms. The van der Waals surface area contributed by atoms with E-state index in [0.717, 1.165) is 19.0 Å². The highest BCUT2D eigenvalue weighted by Crippen LogP contribution is 2.35. The minimum absolute atomic E-state index is 0.190. The van der Waals surface area contributed by atoms with Gasteiger partial charge in [0.15, 0.2) is 0 Å². The number of carboxylic acid groups (broad SMARTS) is 1. The number of aliphatic carboxylic acids is 1. The molecule has 0 aromatic rings. The Morgan fingerprint density at radius 1 is 1.29 bits per heavy atom. The minimum Gasteiger partial charge on any atom is -0.480 e. The Hall–Kier alpha value is -0.610. The molecule has 1 aliphatic heterocycles. The third kappa shape index (κ3) is 4.19. The van der Waals surface area contributed by atoms with Crippen LogP contribution in [0.3, 0.4) is 0 Å². The molecule has 4 nitrogen and oxygen atoms in total. The van der Waals surface area contributed by atoms with Crippen LogP contribution in [-0.2, 0) is 4.79 Å². The van der Waals surface area contributed by atoms with Crippen LogP contribution in [0, 0.1) is 5.92 Å². The van der Waals surface area contributed by atoms with Gasteiger partial charge in [-0.2, -0.15) is 0 Å². The second-order valence-electron chi connectivity index (χ2n) is 7.48. The zero-order valence-corrected chi connectivity index (χ0v) is 13.9. The second-order valence-corrected chi connectivity index (χ2v) is 7.48. The monoisotopic (exact) mass is 296 g/mol. The molecule has 2 N–H and O–H groups in total. The average Bonchev–Trinajstić information content (AvgIpc) is 2.44. The maximum Gasteiger partial charge on any atom is 0.323 e. The van der Waals surface area contributed by atoms with Crippen LogP contribution in [0.5, 0.6) is 0 Å². The van der Waals surface area contributed by atoms with E-state index in [0.29, 0.717) is 12.5 Å². The lowest BCUT2D eigenvalue weighted by Crippen LogP contribution is -2.55. The van der Waals surface area contributed by atoms with Gasteiger partial charge in [-0.15, -0.1) is 0 Å². The number of hydrogen-bond acceptors (Lipinski definition) is 3. The van der Waals surface area contributed by atoms with Crippen molar-refractivity contribution in [1.82, 2.24) is 10.2 Å². The highest BCUT2D eigenvalue weighted by atomic mass is 16.4. The molecule has 122 valence electrons. The molecule has 0 aromatic carbocycles. The van der Waals surface area contributed by atoms with Crippen LogP contribution in [0.25, 0.3) is 0 Å². The van der Waals surface area contributed by atoms with Gasteiger partial charge in [0.25, 0.3) is 0 Å². The number of nitrogens with zero attached hydrogens (tertiary/aromatic N) is 1. The number of carboxylic acids is 1. The quantitative estimate of drug-likeness (QED) is 0.791. The van der Waals surface area contributed by atoms with Gasteiger partial charge in [0, 0.05) is 18.6 Å². The van der Waals surface area contributed by atoms with Crippen molar-refractivity contribution in [2.75, 3.05) is 13.1 Å². The second kappa shape index (κ2) is 7.10. The molecule has 2 rings (SSSR count). The number of hydrogen-bond donors (Lipinski definition) is 2. The first kappa shape index (κ1) is 16.8. The third-order valence-corrected chi connectivity index (χ3v) is 5.34. The normalized spacial score (nSPS) is 29.9. The fourth-order valence-electron chi connectivity index (χ4n) is 4.25. The lowest BCUT2D eigenvalue weighted by atomic mass is 9.78. The van der Waals surface area contributed by atoms with E-state index in [1.807, 2.05) is 20.8 Å². The smallest absolute Gasteiger partial charge is 0.323 e. The van der Waals surface area contributed by atoms with E-state index < -0.39 is 11.5 Å². The lowest BCUT2D eigenvalue weighted by Gasteiger charge is -2.45. The molecule has 1 saturated heterocycles. The van der Waals surface area contributed by atoms with Crippen LogP contribution in [0.2, 0.25) is 0 Å². The molecule has 2 aliphatic rings. The predicted molar refractivity (Wildman–Crippen MR) is 85.5 cm³/mol. The molecule has 21 heavy (non-hydrogen) atoms. The maximum atomic E-state index is 11.6. The first-order valence-corrected chi connectivity index (χ1v) is 8.67. The SMILES string of the molecule is CC(C)NC(C)(CCN1CCCC2CCCCC21)C(=O)O. The van der Waals surface area contributed by atoms with Crippen molar-refractivity contribution in [3.8, 4) is 0 Å². The van der Waals surface area contributed by atoms with Crippen LogP contribution in [0.1, 0.15) is 65.7 Å². The molecular formula is C17H32N2O2. The van der Waals surface area contributed by atoms with E-state index in [1.54, 1.807) is 0 Å². The number of nitrogens with one attached hydrogen (secondary N) is 1. The molecule has 2 fully saturated rings. The molecule has 1 saturated carbocycles. The maximum absolute atomic E-state index is 11.6. The van der Waals surface area contributed by atoms with Gasteiger partial charge in [0.1, 0.15) is 5.54 Å². The fraction of sp³-hybridized carbons (Fsp3) is 0.941. The highest BCUT2D eigenvalue weighted by molar-refractivity contribution is 5.78. The summed E-state index contributed by atoms with van der Waals surface area (Å²) in [5.74, 6) is 0.134. The van der Waals surface area contributed by atoms with E-state index in [1.165, 1.54) is 38.5 Å². The summed E-state index contributed by atoms with van der Waals surface area (Å²) in [4.78, 5) is 14.2. The van der Waals surface area contributed by atoms with Gasteiger partial charge in [-0.25, -0.2) is 0 Å². The van der Waals surface area contributed by atoms with Crippen LogP contribution in [0.15, 0.2) is 0 Å². The minimum atomic E-state index is -0.810. The number of fused-ring (bicyclic) bond motifs is 1. The van der Waals surface area contributed by atoms with E-state index in [2.05, 4.69) is 10.2 Å². The Bertz CT molecular complexity index is 357. The van der Waals surface area contributed by atoms with Gasteiger partial charge in [0.05, 0.1) is 0 Å². The van der Waals surface area contributed by atoms with Crippen molar-refractivity contribution in [3.63, 3.8) is 0 Å². The number of piperidine rings is 1. The standard InChI is InChI=1S/C17H32N2O2/c1-13(2)18-17(3,16(20)21)10-12-19-11-6-8-14-7-4-5-9-15(14)19/h13-15,18H,4-12H2,1-3H3,(H,20,21). The molecule has 1 heterocycles. The number of likely N-dealkylation sites (tertiary alicyclic amines) is 1. The molecule has 4 heteroatoms. The molecule has 1 aliphatic carbocycles. The average molecular weight is 296 g/mol. The number of carbonyl (C=O) groups is 1. The Morgan fingerprint density at radius 2 is 1.95 bits per heavy atom. The van der Waals surface area contributed by atoms with Crippen molar-refractivity contribution in [2.24, 2.45) is 5.92 Å².